The molecule has 13 nitrogen and oxygen atoms in total. The molecule has 5 heterocycles. The van der Waals surface area contributed by atoms with Crippen LogP contribution in [0.5, 0.6) is 0 Å². The molecule has 332 valence electrons. The summed E-state index contributed by atoms with van der Waals surface area (Å²) in [7, 11) is -3.84. The molecular weight excluding hydrogens is 891 g/mol. The molecule has 1 unspecified atom stereocenters. The Bertz CT molecular complexity index is 2820. The number of sulfonamides is 1. The third-order valence-corrected chi connectivity index (χ3v) is 13.1. The van der Waals surface area contributed by atoms with E-state index in [1.54, 1.807) is 56.4 Å². The monoisotopic (exact) mass is 930 g/mol. The largest absolute Gasteiger partial charge is 0.399 e. The van der Waals surface area contributed by atoms with E-state index in [1.807, 2.05) is 0 Å². The van der Waals surface area contributed by atoms with E-state index < -0.39 is 68.3 Å². The number of halogens is 6. The Morgan fingerprint density at radius 2 is 1.73 bits per heavy atom. The van der Waals surface area contributed by atoms with Crippen LogP contribution in [0.2, 0.25) is 5.02 Å². The number of fused-ring (bicyclic) bond motifs is 1. The lowest BCUT2D eigenvalue weighted by Gasteiger charge is -2.27. The first-order chi connectivity index (χ1) is 29.6. The van der Waals surface area contributed by atoms with Crippen LogP contribution in [0.3, 0.4) is 0 Å². The molecule has 5 N–H and O–H groups in total. The van der Waals surface area contributed by atoms with E-state index in [0.717, 1.165) is 42.9 Å². The number of H-pyrrole nitrogens is 1. The van der Waals surface area contributed by atoms with Crippen molar-refractivity contribution in [1.29, 1.82) is 0 Å². The van der Waals surface area contributed by atoms with Crippen molar-refractivity contribution in [2.45, 2.75) is 64.6 Å². The summed E-state index contributed by atoms with van der Waals surface area (Å²) < 4.78 is 96.0. The van der Waals surface area contributed by atoms with Crippen molar-refractivity contribution in [3.05, 3.63) is 112 Å². The van der Waals surface area contributed by atoms with Gasteiger partial charge in [-0.1, -0.05) is 42.0 Å². The number of nitrogens with one attached hydrogen (secondary N) is 3. The van der Waals surface area contributed by atoms with Gasteiger partial charge in [0.25, 0.3) is 0 Å². The molecule has 0 saturated carbocycles. The minimum atomic E-state index is -4.45. The van der Waals surface area contributed by atoms with Gasteiger partial charge in [-0.25, -0.2) is 32.0 Å². The Hall–Kier alpha value is -5.99. The summed E-state index contributed by atoms with van der Waals surface area (Å²) in [6.07, 6.45) is 1.30. The van der Waals surface area contributed by atoms with Crippen LogP contribution in [0, 0.1) is 18.6 Å². The van der Waals surface area contributed by atoms with Gasteiger partial charge in [0.05, 0.1) is 33.3 Å². The first-order valence-corrected chi connectivity index (χ1v) is 22.1. The number of hydrogen-bond donors (Lipinski definition) is 4. The van der Waals surface area contributed by atoms with Crippen molar-refractivity contribution in [3.8, 4) is 21.6 Å². The topological polar surface area (TPSA) is 193 Å². The molecule has 3 amide bonds. The smallest absolute Gasteiger partial charge is 0.368 e. The number of carbonyl (C=O) groups is 3. The number of ketones is 1. The van der Waals surface area contributed by atoms with E-state index in [9.17, 15) is 40.4 Å². The number of aromatic amines is 1. The van der Waals surface area contributed by atoms with Crippen molar-refractivity contribution < 1.29 is 44.8 Å². The molecule has 6 aromatic rings. The molecule has 0 spiro atoms. The number of likely N-dealkylation sites (tertiary alicyclic amines) is 1. The van der Waals surface area contributed by atoms with Gasteiger partial charge in [0.15, 0.2) is 10.9 Å². The molecule has 1 saturated heterocycles. The second-order valence-corrected chi connectivity index (χ2v) is 18.3. The second-order valence-electron chi connectivity index (χ2n) is 15.0. The number of alkyl halides is 3. The third kappa shape index (κ3) is 10.1. The highest BCUT2D eigenvalue weighted by molar-refractivity contribution is 7.92. The first-order valence-electron chi connectivity index (χ1n) is 19.3. The summed E-state index contributed by atoms with van der Waals surface area (Å²) in [6.45, 7) is 5.93. The molecule has 0 radical (unpaired) electrons. The maximum atomic E-state index is 15.1. The molecule has 1 aliphatic heterocycles. The summed E-state index contributed by atoms with van der Waals surface area (Å²) in [4.78, 5) is 54.5. The SMILES string of the molecule is CCCS(=O)(=O)Nc1ccc(F)c(C(=O)c2c[nH]c3ncc(-c4ccc(Cl)cc4)cc23)c1F.Cc1nc(NC(=O)N2CCCC2C(N)=O)sc1-c1ccnc(C(C)(C)C(F)(F)F)c1. The third-order valence-electron chi connectivity index (χ3n) is 10.2. The first kappa shape index (κ1) is 46.5. The molecule has 1 atom stereocenters. The fraction of sp³-hybridized carbons (Fsp3) is 0.286. The van der Waals surface area contributed by atoms with Crippen LogP contribution in [0.15, 0.2) is 73.2 Å². The number of carbonyl (C=O) groups excluding carboxylic acids is 3. The number of aromatic nitrogens is 4. The van der Waals surface area contributed by atoms with E-state index in [2.05, 4.69) is 30.0 Å². The van der Waals surface area contributed by atoms with Crippen LogP contribution < -0.4 is 15.8 Å². The predicted molar refractivity (Wildman–Crippen MR) is 231 cm³/mol. The minimum absolute atomic E-state index is 0.000297. The highest BCUT2D eigenvalue weighted by Gasteiger charge is 2.49. The van der Waals surface area contributed by atoms with Gasteiger partial charge in [-0.2, -0.15) is 13.2 Å². The van der Waals surface area contributed by atoms with Gasteiger partial charge in [0.2, 0.25) is 21.7 Å². The molecule has 2 aromatic carbocycles. The highest BCUT2D eigenvalue weighted by atomic mass is 35.5. The summed E-state index contributed by atoms with van der Waals surface area (Å²) in [5, 5.41) is 3.87. The normalized spacial score (nSPS) is 14.3. The van der Waals surface area contributed by atoms with Crippen molar-refractivity contribution in [2.24, 2.45) is 5.73 Å². The van der Waals surface area contributed by atoms with Crippen LogP contribution >= 0.6 is 22.9 Å². The number of benzene rings is 2. The van der Waals surface area contributed by atoms with E-state index in [4.69, 9.17) is 17.3 Å². The minimum Gasteiger partial charge on any atom is -0.368 e. The standard InChI is InChI=1S/C23H18ClF2N3O3S.C19H22F3N5O2S/c1-2-9-33(31,32)29-19-8-7-18(25)20(21(19)26)22(30)17-12-28-23-16(17)10-14(11-27-23)13-3-5-15(24)6-4-13;1-10-14(11-6-7-24-13(9-11)18(2,3)19(20,21)22)30-16(25-10)26-17(29)27-8-4-5-12(27)15(23)28/h3-8,10-12,29H,2,9H2,1H3,(H,27,28);6-7,9,12H,4-5,8H2,1-3H3,(H2,23,28)(H,25,26,29). The maximum absolute atomic E-state index is 15.1. The van der Waals surface area contributed by atoms with Crippen LogP contribution in [0.1, 0.15) is 67.3 Å². The number of rotatable bonds is 11. The quantitative estimate of drug-likeness (QED) is 0.0729. The lowest BCUT2D eigenvalue weighted by molar-refractivity contribution is -0.181. The van der Waals surface area contributed by atoms with Gasteiger partial charge >= 0.3 is 12.2 Å². The summed E-state index contributed by atoms with van der Waals surface area (Å²) in [6, 6.07) is 12.3. The molecular formula is C42H40ClF5N8O5S2. The molecule has 1 aliphatic rings. The van der Waals surface area contributed by atoms with Gasteiger partial charge in [-0.3, -0.25) is 24.6 Å². The zero-order chi connectivity index (χ0) is 46.0. The zero-order valence-corrected chi connectivity index (χ0v) is 36.4. The van der Waals surface area contributed by atoms with Crippen molar-refractivity contribution in [1.82, 2.24) is 24.8 Å². The van der Waals surface area contributed by atoms with E-state index >= 15 is 4.39 Å². The number of hydrogen-bond acceptors (Lipinski definition) is 9. The number of amides is 3. The summed E-state index contributed by atoms with van der Waals surface area (Å²) in [5.74, 6) is -4.13. The lowest BCUT2D eigenvalue weighted by Crippen LogP contribution is -2.45. The number of primary amides is 1. The summed E-state index contributed by atoms with van der Waals surface area (Å²) in [5.41, 5.74) is 4.69. The number of thiazole rings is 1. The molecule has 4 aromatic heterocycles. The zero-order valence-electron chi connectivity index (χ0n) is 34.0. The van der Waals surface area contributed by atoms with Gasteiger partial charge < -0.3 is 15.6 Å². The van der Waals surface area contributed by atoms with Crippen molar-refractivity contribution in [3.63, 3.8) is 0 Å². The molecule has 1 fully saturated rings. The fourth-order valence-corrected chi connectivity index (χ4v) is 8.91. The van der Waals surface area contributed by atoms with Crippen LogP contribution in [0.25, 0.3) is 32.6 Å². The van der Waals surface area contributed by atoms with E-state index in [0.29, 0.717) is 63.6 Å². The number of nitrogens with two attached hydrogens (primary N) is 1. The van der Waals surface area contributed by atoms with Crippen LogP contribution in [0.4, 0.5) is 37.6 Å². The van der Waals surface area contributed by atoms with Gasteiger partial charge in [-0.15, -0.1) is 0 Å². The number of urea groups is 1. The van der Waals surface area contributed by atoms with Crippen molar-refractivity contribution in [2.75, 3.05) is 22.3 Å². The Balaban J connectivity index is 0.000000211. The highest BCUT2D eigenvalue weighted by Crippen LogP contribution is 2.42. The average molecular weight is 931 g/mol. The molecule has 0 bridgehead atoms. The fourth-order valence-electron chi connectivity index (χ4n) is 6.70. The molecule has 7 rings (SSSR count). The predicted octanol–water partition coefficient (Wildman–Crippen LogP) is 9.38. The van der Waals surface area contributed by atoms with Gasteiger partial charge in [0, 0.05) is 46.7 Å². The van der Waals surface area contributed by atoms with E-state index in [1.165, 1.54) is 23.4 Å². The Kier molecular flexibility index (Phi) is 13.6. The number of nitrogens with zero attached hydrogens (tertiary/aromatic N) is 4. The van der Waals surface area contributed by atoms with E-state index in [-0.39, 0.29) is 22.1 Å². The maximum Gasteiger partial charge on any atom is 0.399 e. The summed E-state index contributed by atoms with van der Waals surface area (Å²) >= 11 is 7.07. The Morgan fingerprint density at radius 1 is 1.02 bits per heavy atom. The Labute approximate surface area is 367 Å². The van der Waals surface area contributed by atoms with Crippen LogP contribution in [-0.4, -0.2) is 75.5 Å². The second kappa shape index (κ2) is 18.4. The van der Waals surface area contributed by atoms with Crippen molar-refractivity contribution >= 4 is 72.5 Å². The van der Waals surface area contributed by atoms with Gasteiger partial charge in [-0.05, 0) is 93.6 Å². The number of aryl methyl sites for hydroxylation is 1. The average Bonchev–Trinajstić information content (AvgIpc) is 3.98. The molecule has 63 heavy (non-hydrogen) atoms. The number of anilines is 2. The molecule has 0 aliphatic carbocycles. The van der Waals surface area contributed by atoms with Gasteiger partial charge in [0.1, 0.15) is 22.9 Å². The molecule has 21 heteroatoms. The number of pyridine rings is 2. The Morgan fingerprint density at radius 3 is 2.40 bits per heavy atom. The lowest BCUT2D eigenvalue weighted by atomic mass is 9.87. The van der Waals surface area contributed by atoms with Crippen LogP contribution in [-0.2, 0) is 20.2 Å².